The van der Waals surface area contributed by atoms with Gasteiger partial charge >= 0.3 is 0 Å². The highest BCUT2D eigenvalue weighted by atomic mass is 32.2. The molecule has 7 nitrogen and oxygen atoms in total. The van der Waals surface area contributed by atoms with Crippen molar-refractivity contribution in [1.29, 1.82) is 0 Å². The van der Waals surface area contributed by atoms with Crippen LogP contribution in [0.5, 0.6) is 0 Å². The topological polar surface area (TPSA) is 109 Å². The predicted molar refractivity (Wildman–Crippen MR) is 114 cm³/mol. The van der Waals surface area contributed by atoms with Crippen molar-refractivity contribution in [3.8, 4) is 22.4 Å². The molecule has 9 heteroatoms. The van der Waals surface area contributed by atoms with Crippen LogP contribution in [0.25, 0.3) is 22.4 Å². The van der Waals surface area contributed by atoms with E-state index in [4.69, 9.17) is 5.73 Å². The summed E-state index contributed by atoms with van der Waals surface area (Å²) in [6.45, 7) is 0.372. The summed E-state index contributed by atoms with van der Waals surface area (Å²) in [4.78, 5) is 8.14. The summed E-state index contributed by atoms with van der Waals surface area (Å²) in [6.07, 6.45) is 3.93. The van der Waals surface area contributed by atoms with Gasteiger partial charge in [-0.25, -0.2) is 17.8 Å². The smallest absolute Gasteiger partial charge is 0.244 e. The Balaban J connectivity index is 1.56. The van der Waals surface area contributed by atoms with E-state index >= 15 is 0 Å². The molecule has 1 aromatic heterocycles. The first kappa shape index (κ1) is 20.0. The maximum absolute atomic E-state index is 14.9. The van der Waals surface area contributed by atoms with E-state index in [1.807, 2.05) is 0 Å². The molecule has 1 saturated heterocycles. The molecule has 5 rings (SSSR count). The second kappa shape index (κ2) is 7.08. The summed E-state index contributed by atoms with van der Waals surface area (Å²) >= 11 is 0. The summed E-state index contributed by atoms with van der Waals surface area (Å²) < 4.78 is 43.4. The van der Waals surface area contributed by atoms with Crippen LogP contribution in [0.4, 0.5) is 10.2 Å². The first-order valence-corrected chi connectivity index (χ1v) is 11.4. The van der Waals surface area contributed by atoms with Crippen molar-refractivity contribution in [2.45, 2.75) is 35.8 Å². The molecule has 1 unspecified atom stereocenters. The van der Waals surface area contributed by atoms with Crippen LogP contribution in [0, 0.1) is 5.82 Å². The first-order valence-electron chi connectivity index (χ1n) is 10.0. The molecule has 1 aliphatic carbocycles. The average molecular weight is 441 g/mol. The molecule has 31 heavy (non-hydrogen) atoms. The highest BCUT2D eigenvalue weighted by Gasteiger charge is 2.63. The number of nitrogens with zero attached hydrogens (tertiary/aromatic N) is 3. The molecule has 2 aliphatic rings. The number of aliphatic hydroxyl groups is 1. The van der Waals surface area contributed by atoms with Gasteiger partial charge in [-0.3, -0.25) is 4.98 Å². The maximum atomic E-state index is 14.9. The molecule has 2 aromatic carbocycles. The lowest BCUT2D eigenvalue weighted by Gasteiger charge is -2.25. The third kappa shape index (κ3) is 3.20. The van der Waals surface area contributed by atoms with Gasteiger partial charge in [-0.05, 0) is 43.0 Å². The maximum Gasteiger partial charge on any atom is 0.244 e. The lowest BCUT2D eigenvalue weighted by Crippen LogP contribution is -2.39. The van der Waals surface area contributed by atoms with E-state index in [1.165, 1.54) is 28.8 Å². The van der Waals surface area contributed by atoms with Crippen molar-refractivity contribution in [3.63, 3.8) is 0 Å². The van der Waals surface area contributed by atoms with Gasteiger partial charge in [0.05, 0.1) is 34.6 Å². The number of anilines is 1. The van der Waals surface area contributed by atoms with Crippen LogP contribution >= 0.6 is 0 Å². The Hall–Kier alpha value is -2.88. The van der Waals surface area contributed by atoms with Gasteiger partial charge in [0.1, 0.15) is 11.6 Å². The molecule has 0 bridgehead atoms. The Morgan fingerprint density at radius 3 is 2.58 bits per heavy atom. The molecule has 2 heterocycles. The lowest BCUT2D eigenvalue weighted by atomic mass is 10.0. The average Bonchev–Trinajstić information content (AvgIpc) is 3.18. The van der Waals surface area contributed by atoms with Gasteiger partial charge in [0, 0.05) is 17.7 Å². The Morgan fingerprint density at radius 2 is 1.90 bits per heavy atom. The monoisotopic (exact) mass is 440 g/mol. The van der Waals surface area contributed by atoms with Crippen LogP contribution in [0.15, 0.2) is 59.8 Å². The Bertz CT molecular complexity index is 1270. The van der Waals surface area contributed by atoms with Crippen molar-refractivity contribution in [1.82, 2.24) is 14.3 Å². The number of rotatable bonds is 4. The van der Waals surface area contributed by atoms with Gasteiger partial charge in [0.2, 0.25) is 10.0 Å². The molecule has 160 valence electrons. The summed E-state index contributed by atoms with van der Waals surface area (Å²) in [5.41, 5.74) is 6.28. The molecule has 1 saturated carbocycles. The van der Waals surface area contributed by atoms with Crippen LogP contribution in [-0.2, 0) is 10.0 Å². The van der Waals surface area contributed by atoms with Crippen LogP contribution in [0.2, 0.25) is 0 Å². The van der Waals surface area contributed by atoms with E-state index in [2.05, 4.69) is 9.97 Å². The third-order valence-corrected chi connectivity index (χ3v) is 8.20. The van der Waals surface area contributed by atoms with Crippen molar-refractivity contribution < 1.29 is 17.9 Å². The molecule has 3 aromatic rings. The van der Waals surface area contributed by atoms with E-state index < -0.39 is 27.5 Å². The summed E-state index contributed by atoms with van der Waals surface area (Å²) in [5, 5.41) is 10.1. The summed E-state index contributed by atoms with van der Waals surface area (Å²) in [7, 11) is -3.86. The molecule has 2 atom stereocenters. The van der Waals surface area contributed by atoms with Gasteiger partial charge in [-0.1, -0.05) is 24.3 Å². The van der Waals surface area contributed by atoms with E-state index in [0.717, 1.165) is 0 Å². The number of sulfonamides is 1. The lowest BCUT2D eigenvalue weighted by molar-refractivity contribution is 0.208. The molecular weight excluding hydrogens is 419 g/mol. The highest BCUT2D eigenvalue weighted by molar-refractivity contribution is 7.89. The van der Waals surface area contributed by atoms with Crippen molar-refractivity contribution >= 4 is 15.8 Å². The zero-order chi connectivity index (χ0) is 21.8. The standard InChI is InChI=1S/C22H21FN4O3S/c23-17-10-14(6-7-16(17)18-12-26-21(24)13-25-18)15-4-1-2-5-19(15)31(29,30)27-9-3-8-22(27)11-20(22)28/h1-2,4-7,10,12-13,20,28H,3,8-9,11H2,(H2,24,26)/t20-,22?/m1/s1. The molecule has 3 N–H and O–H groups in total. The van der Waals surface area contributed by atoms with Gasteiger partial charge in [0.15, 0.2) is 0 Å². The minimum atomic E-state index is -3.86. The fourth-order valence-electron chi connectivity index (χ4n) is 4.46. The van der Waals surface area contributed by atoms with E-state index in [0.29, 0.717) is 42.6 Å². The highest BCUT2D eigenvalue weighted by Crippen LogP contribution is 2.52. The SMILES string of the molecule is Nc1cnc(-c2ccc(-c3ccccc3S(=O)(=O)N3CCCC34C[C@H]4O)cc2F)cn1. The molecule has 1 aliphatic heterocycles. The number of aliphatic hydroxyl groups excluding tert-OH is 1. The van der Waals surface area contributed by atoms with Gasteiger partial charge in [-0.2, -0.15) is 4.31 Å². The third-order valence-electron chi connectivity index (χ3n) is 6.16. The number of hydrogen-bond acceptors (Lipinski definition) is 6. The summed E-state index contributed by atoms with van der Waals surface area (Å²) in [5.74, 6) is -0.306. The van der Waals surface area contributed by atoms with Crippen LogP contribution < -0.4 is 5.73 Å². The van der Waals surface area contributed by atoms with Gasteiger partial charge < -0.3 is 10.8 Å². The van der Waals surface area contributed by atoms with Crippen molar-refractivity contribution in [3.05, 3.63) is 60.7 Å². The number of halogens is 1. The zero-order valence-corrected chi connectivity index (χ0v) is 17.4. The molecule has 2 fully saturated rings. The Morgan fingerprint density at radius 1 is 1.13 bits per heavy atom. The fraction of sp³-hybridized carbons (Fsp3) is 0.273. The van der Waals surface area contributed by atoms with Crippen LogP contribution in [0.3, 0.4) is 0 Å². The van der Waals surface area contributed by atoms with Crippen molar-refractivity contribution in [2.75, 3.05) is 12.3 Å². The largest absolute Gasteiger partial charge is 0.391 e. The first-order chi connectivity index (χ1) is 14.8. The Labute approximate surface area is 179 Å². The number of aromatic nitrogens is 2. The zero-order valence-electron chi connectivity index (χ0n) is 16.6. The van der Waals surface area contributed by atoms with Crippen LogP contribution in [0.1, 0.15) is 19.3 Å². The predicted octanol–water partition coefficient (Wildman–Crippen LogP) is 2.82. The normalized spacial score (nSPS) is 23.4. The quantitative estimate of drug-likeness (QED) is 0.646. The van der Waals surface area contributed by atoms with Crippen molar-refractivity contribution in [2.24, 2.45) is 0 Å². The Kier molecular flexibility index (Phi) is 4.58. The second-order valence-electron chi connectivity index (χ2n) is 8.02. The van der Waals surface area contributed by atoms with Crippen LogP contribution in [-0.4, -0.2) is 46.0 Å². The fourth-order valence-corrected chi connectivity index (χ4v) is 6.55. The number of nitrogens with two attached hydrogens (primary N) is 1. The van der Waals surface area contributed by atoms with Gasteiger partial charge in [0.25, 0.3) is 0 Å². The van der Waals surface area contributed by atoms with E-state index in [1.54, 1.807) is 30.3 Å². The minimum absolute atomic E-state index is 0.106. The number of nitrogen functional groups attached to an aromatic ring is 1. The van der Waals surface area contributed by atoms with Gasteiger partial charge in [-0.15, -0.1) is 0 Å². The molecule has 0 radical (unpaired) electrons. The number of benzene rings is 2. The van der Waals surface area contributed by atoms with E-state index in [9.17, 15) is 17.9 Å². The minimum Gasteiger partial charge on any atom is -0.391 e. The van der Waals surface area contributed by atoms with E-state index in [-0.39, 0.29) is 16.3 Å². The molecular formula is C22H21FN4O3S. The molecule has 0 amide bonds. The summed E-state index contributed by atoms with van der Waals surface area (Å²) in [6, 6.07) is 11.1. The molecule has 1 spiro atoms. The number of hydrogen-bond donors (Lipinski definition) is 2. The second-order valence-corrected chi connectivity index (χ2v) is 9.85.